The molecule has 0 atom stereocenters. The molecule has 0 heterocycles. The molecule has 0 saturated carbocycles. The predicted octanol–water partition coefficient (Wildman–Crippen LogP) is 3.26. The van der Waals surface area contributed by atoms with Crippen LogP contribution in [0.2, 0.25) is 0 Å². The van der Waals surface area contributed by atoms with Crippen molar-refractivity contribution in [3.63, 3.8) is 0 Å². The summed E-state index contributed by atoms with van der Waals surface area (Å²) in [5, 5.41) is 0. The van der Waals surface area contributed by atoms with Crippen LogP contribution >= 0.6 is 0 Å². The normalized spacial score (nSPS) is 11.8. The van der Waals surface area contributed by atoms with Gasteiger partial charge in [0, 0.05) is 17.4 Å². The van der Waals surface area contributed by atoms with E-state index in [1.807, 2.05) is 0 Å². The molecule has 114 valence electrons. The second kappa shape index (κ2) is 6.19. The molecule has 6 heteroatoms. The average Bonchev–Trinajstić information content (AvgIpc) is 2.48. The molecule has 2 rings (SSSR count). The van der Waals surface area contributed by atoms with Gasteiger partial charge in [-0.2, -0.15) is 0 Å². The average molecular weight is 322 g/mol. The summed E-state index contributed by atoms with van der Waals surface area (Å²) in [6.07, 6.45) is 3.34. The summed E-state index contributed by atoms with van der Waals surface area (Å²) >= 11 is 0. The van der Waals surface area contributed by atoms with Gasteiger partial charge in [0.2, 0.25) is 0 Å². The van der Waals surface area contributed by atoms with Crippen molar-refractivity contribution in [2.45, 2.75) is 4.90 Å². The van der Waals surface area contributed by atoms with Crippen LogP contribution in [0.25, 0.3) is 6.08 Å². The maximum absolute atomic E-state index is 13.4. The molecule has 0 aliphatic heterocycles. The zero-order valence-corrected chi connectivity index (χ0v) is 12.4. The Kier molecular flexibility index (Phi) is 4.51. The van der Waals surface area contributed by atoms with Gasteiger partial charge in [-0.15, -0.1) is 0 Å². The zero-order valence-electron chi connectivity index (χ0n) is 11.6. The van der Waals surface area contributed by atoms with Crippen LogP contribution in [-0.4, -0.2) is 20.5 Å². The molecule has 3 nitrogen and oxygen atoms in total. The second-order valence-corrected chi connectivity index (χ2v) is 6.65. The Morgan fingerprint density at radius 3 is 2.27 bits per heavy atom. The maximum atomic E-state index is 13.4. The van der Waals surface area contributed by atoms with Crippen LogP contribution in [0.1, 0.15) is 15.9 Å². The van der Waals surface area contributed by atoms with Gasteiger partial charge >= 0.3 is 0 Å². The van der Waals surface area contributed by atoms with E-state index in [0.29, 0.717) is 0 Å². The van der Waals surface area contributed by atoms with Crippen molar-refractivity contribution in [3.8, 4) is 0 Å². The summed E-state index contributed by atoms with van der Waals surface area (Å²) < 4.78 is 49.1. The van der Waals surface area contributed by atoms with Crippen molar-refractivity contribution >= 4 is 21.7 Å². The highest BCUT2D eigenvalue weighted by Crippen LogP contribution is 2.15. The second-order valence-electron chi connectivity index (χ2n) is 4.64. The van der Waals surface area contributed by atoms with Crippen molar-refractivity contribution in [2.75, 3.05) is 6.26 Å². The van der Waals surface area contributed by atoms with Gasteiger partial charge in [0.25, 0.3) is 0 Å². The topological polar surface area (TPSA) is 51.2 Å². The molecular formula is C16H12F2O3S. The highest BCUT2D eigenvalue weighted by molar-refractivity contribution is 7.90. The van der Waals surface area contributed by atoms with Crippen LogP contribution in [0.15, 0.2) is 53.4 Å². The van der Waals surface area contributed by atoms with Crippen LogP contribution in [0.5, 0.6) is 0 Å². The van der Waals surface area contributed by atoms with E-state index >= 15 is 0 Å². The number of carbonyl (C=O) groups excluding carboxylic acids is 1. The number of benzene rings is 2. The van der Waals surface area contributed by atoms with Gasteiger partial charge in [-0.1, -0.05) is 12.1 Å². The van der Waals surface area contributed by atoms with Gasteiger partial charge in [-0.25, -0.2) is 17.2 Å². The fourth-order valence-corrected chi connectivity index (χ4v) is 2.41. The third kappa shape index (κ3) is 3.65. The summed E-state index contributed by atoms with van der Waals surface area (Å²) in [4.78, 5) is 12.0. The molecule has 0 aliphatic carbocycles. The minimum Gasteiger partial charge on any atom is -0.289 e. The van der Waals surface area contributed by atoms with E-state index in [2.05, 4.69) is 0 Å². The Balaban J connectivity index is 2.22. The third-order valence-corrected chi connectivity index (χ3v) is 4.09. The highest BCUT2D eigenvalue weighted by atomic mass is 32.2. The lowest BCUT2D eigenvalue weighted by Crippen LogP contribution is -1.99. The number of hydrogen-bond donors (Lipinski definition) is 0. The van der Waals surface area contributed by atoms with Crippen LogP contribution in [0, 0.1) is 11.6 Å². The molecule has 0 saturated heterocycles. The first kappa shape index (κ1) is 16.0. The maximum Gasteiger partial charge on any atom is 0.185 e. The van der Waals surface area contributed by atoms with Crippen LogP contribution in [0.4, 0.5) is 8.78 Å². The lowest BCUT2D eigenvalue weighted by Gasteiger charge is -2.00. The molecule has 0 amide bonds. The lowest BCUT2D eigenvalue weighted by molar-refractivity contribution is 0.104. The monoisotopic (exact) mass is 322 g/mol. The molecule has 0 aliphatic rings. The Morgan fingerprint density at radius 2 is 1.68 bits per heavy atom. The zero-order chi connectivity index (χ0) is 16.3. The molecular weight excluding hydrogens is 310 g/mol. The number of ketones is 1. The number of hydrogen-bond acceptors (Lipinski definition) is 3. The summed E-state index contributed by atoms with van der Waals surface area (Å²) in [5.41, 5.74) is 0.210. The van der Waals surface area contributed by atoms with Gasteiger partial charge in [-0.3, -0.25) is 4.79 Å². The van der Waals surface area contributed by atoms with Crippen molar-refractivity contribution < 1.29 is 22.0 Å². The van der Waals surface area contributed by atoms with Gasteiger partial charge < -0.3 is 0 Å². The Morgan fingerprint density at radius 1 is 1.05 bits per heavy atom. The first-order chi connectivity index (χ1) is 10.3. The Labute approximate surface area is 126 Å². The first-order valence-corrected chi connectivity index (χ1v) is 8.15. The number of rotatable bonds is 4. The minimum absolute atomic E-state index is 0.0406. The molecule has 0 aromatic heterocycles. The molecule has 0 spiro atoms. The van der Waals surface area contributed by atoms with Crippen molar-refractivity contribution in [2.24, 2.45) is 0 Å². The van der Waals surface area contributed by atoms with E-state index in [9.17, 15) is 22.0 Å². The SMILES string of the molecule is CS(=O)(=O)c1ccc(C(=O)/C=C/c2cccc(F)c2F)cc1. The summed E-state index contributed by atoms with van der Waals surface area (Å²) in [6.45, 7) is 0. The van der Waals surface area contributed by atoms with Crippen LogP contribution < -0.4 is 0 Å². The highest BCUT2D eigenvalue weighted by Gasteiger charge is 2.09. The summed E-state index contributed by atoms with van der Waals surface area (Å²) in [6, 6.07) is 9.03. The predicted molar refractivity (Wildman–Crippen MR) is 79.3 cm³/mol. The standard InChI is InChI=1S/C16H12F2O3S/c1-22(20,21)13-8-5-11(6-9-13)15(19)10-7-12-3-2-4-14(17)16(12)18/h2-10H,1H3/b10-7+. The molecule has 2 aromatic carbocycles. The van der Waals surface area contributed by atoms with E-state index in [4.69, 9.17) is 0 Å². The van der Waals surface area contributed by atoms with E-state index in [-0.39, 0.29) is 16.0 Å². The molecule has 22 heavy (non-hydrogen) atoms. The quantitative estimate of drug-likeness (QED) is 0.641. The Hall–Kier alpha value is -2.34. The van der Waals surface area contributed by atoms with E-state index in [0.717, 1.165) is 18.4 Å². The van der Waals surface area contributed by atoms with Crippen LogP contribution in [0.3, 0.4) is 0 Å². The smallest absolute Gasteiger partial charge is 0.185 e. The van der Waals surface area contributed by atoms with Crippen molar-refractivity contribution in [1.82, 2.24) is 0 Å². The molecule has 0 N–H and O–H groups in total. The van der Waals surface area contributed by atoms with E-state index in [1.165, 1.54) is 42.5 Å². The summed E-state index contributed by atoms with van der Waals surface area (Å²) in [5.74, 6) is -2.46. The minimum atomic E-state index is -3.33. The molecule has 0 radical (unpaired) electrons. The Bertz CT molecular complexity index is 838. The summed E-state index contributed by atoms with van der Waals surface area (Å²) in [7, 11) is -3.33. The van der Waals surface area contributed by atoms with E-state index in [1.54, 1.807) is 0 Å². The van der Waals surface area contributed by atoms with Gasteiger partial charge in [0.15, 0.2) is 27.3 Å². The molecule has 0 unspecified atom stereocenters. The van der Waals surface area contributed by atoms with Gasteiger partial charge in [0.1, 0.15) is 0 Å². The largest absolute Gasteiger partial charge is 0.289 e. The van der Waals surface area contributed by atoms with Gasteiger partial charge in [-0.05, 0) is 42.5 Å². The fourth-order valence-electron chi connectivity index (χ4n) is 1.78. The van der Waals surface area contributed by atoms with Crippen molar-refractivity contribution in [1.29, 1.82) is 0 Å². The number of halogens is 2. The number of carbonyl (C=O) groups is 1. The number of sulfone groups is 1. The molecule has 0 fully saturated rings. The molecule has 2 aromatic rings. The van der Waals surface area contributed by atoms with Gasteiger partial charge in [0.05, 0.1) is 4.90 Å². The first-order valence-electron chi connectivity index (χ1n) is 6.25. The lowest BCUT2D eigenvalue weighted by atomic mass is 10.1. The fraction of sp³-hybridized carbons (Fsp3) is 0.0625. The van der Waals surface area contributed by atoms with Crippen LogP contribution in [-0.2, 0) is 9.84 Å². The molecule has 0 bridgehead atoms. The third-order valence-electron chi connectivity index (χ3n) is 2.96. The van der Waals surface area contributed by atoms with Crippen molar-refractivity contribution in [3.05, 3.63) is 71.3 Å². The van der Waals surface area contributed by atoms with E-state index < -0.39 is 27.3 Å². The number of allylic oxidation sites excluding steroid dienone is 1.